The highest BCUT2D eigenvalue weighted by atomic mass is 32.1. The topological polar surface area (TPSA) is 52.6 Å². The Balaban J connectivity index is 1.81. The zero-order valence-electron chi connectivity index (χ0n) is 13.2. The van der Waals surface area contributed by atoms with Gasteiger partial charge in [0.1, 0.15) is 12.1 Å². The van der Waals surface area contributed by atoms with Gasteiger partial charge in [-0.15, -0.1) is 11.3 Å². The SMILES string of the molecule is CN(C)C(=O)N(C)C1CCCN(c2ncnc3ccsc23)C1. The van der Waals surface area contributed by atoms with Gasteiger partial charge in [0.2, 0.25) is 0 Å². The zero-order chi connectivity index (χ0) is 15.7. The first kappa shape index (κ1) is 15.0. The minimum atomic E-state index is 0.0517. The predicted molar refractivity (Wildman–Crippen MR) is 89.5 cm³/mol. The van der Waals surface area contributed by atoms with E-state index in [-0.39, 0.29) is 12.1 Å². The number of hydrogen-bond acceptors (Lipinski definition) is 5. The monoisotopic (exact) mass is 319 g/mol. The summed E-state index contributed by atoms with van der Waals surface area (Å²) in [4.78, 5) is 26.7. The Labute approximate surface area is 134 Å². The van der Waals surface area contributed by atoms with Gasteiger partial charge in [-0.2, -0.15) is 0 Å². The molecule has 1 saturated heterocycles. The van der Waals surface area contributed by atoms with Crippen LogP contribution in [0.2, 0.25) is 0 Å². The van der Waals surface area contributed by atoms with Crippen LogP contribution >= 0.6 is 11.3 Å². The number of anilines is 1. The summed E-state index contributed by atoms with van der Waals surface area (Å²) in [5, 5.41) is 2.05. The lowest BCUT2D eigenvalue weighted by Crippen LogP contribution is -2.51. The molecule has 22 heavy (non-hydrogen) atoms. The van der Waals surface area contributed by atoms with Crippen LogP contribution in [0.25, 0.3) is 10.2 Å². The maximum Gasteiger partial charge on any atom is 0.319 e. The standard InChI is InChI=1S/C15H21N5OS/c1-18(2)15(21)19(3)11-5-4-7-20(9-11)14-13-12(6-8-22-13)16-10-17-14/h6,8,10-11H,4-5,7,9H2,1-3H3. The van der Waals surface area contributed by atoms with Crippen LogP contribution in [-0.4, -0.2) is 66.1 Å². The normalized spacial score (nSPS) is 18.5. The van der Waals surface area contributed by atoms with E-state index >= 15 is 0 Å². The molecule has 1 fully saturated rings. The van der Waals surface area contributed by atoms with Crippen molar-refractivity contribution in [2.75, 3.05) is 39.1 Å². The van der Waals surface area contributed by atoms with E-state index in [1.165, 1.54) is 0 Å². The minimum absolute atomic E-state index is 0.0517. The molecule has 0 spiro atoms. The summed E-state index contributed by atoms with van der Waals surface area (Å²) in [6.45, 7) is 1.80. The molecule has 0 saturated carbocycles. The van der Waals surface area contributed by atoms with Crippen molar-refractivity contribution in [2.24, 2.45) is 0 Å². The number of amides is 2. The number of hydrogen-bond donors (Lipinski definition) is 0. The summed E-state index contributed by atoms with van der Waals surface area (Å²) < 4.78 is 1.13. The summed E-state index contributed by atoms with van der Waals surface area (Å²) in [5.41, 5.74) is 0.995. The first-order chi connectivity index (χ1) is 10.6. The molecule has 0 N–H and O–H groups in total. The molecule has 6 nitrogen and oxygen atoms in total. The number of urea groups is 1. The number of carbonyl (C=O) groups excluding carboxylic acids is 1. The molecule has 1 atom stereocenters. The Hall–Kier alpha value is -1.89. The van der Waals surface area contributed by atoms with Crippen molar-refractivity contribution in [2.45, 2.75) is 18.9 Å². The molecule has 2 amide bonds. The van der Waals surface area contributed by atoms with Crippen LogP contribution in [0.5, 0.6) is 0 Å². The molecular weight excluding hydrogens is 298 g/mol. The Kier molecular flexibility index (Phi) is 4.15. The fourth-order valence-corrected chi connectivity index (χ4v) is 3.80. The summed E-state index contributed by atoms with van der Waals surface area (Å²) in [6.07, 6.45) is 3.72. The quantitative estimate of drug-likeness (QED) is 0.852. The molecule has 2 aromatic heterocycles. The van der Waals surface area contributed by atoms with E-state index in [9.17, 15) is 4.79 Å². The van der Waals surface area contributed by atoms with Gasteiger partial charge in [0.25, 0.3) is 0 Å². The average molecular weight is 319 g/mol. The Morgan fingerprint density at radius 3 is 2.95 bits per heavy atom. The van der Waals surface area contributed by atoms with Gasteiger partial charge in [0.15, 0.2) is 0 Å². The van der Waals surface area contributed by atoms with E-state index in [2.05, 4.69) is 14.9 Å². The van der Waals surface area contributed by atoms with Gasteiger partial charge < -0.3 is 14.7 Å². The van der Waals surface area contributed by atoms with Gasteiger partial charge in [0, 0.05) is 34.2 Å². The molecular formula is C15H21N5OS. The maximum absolute atomic E-state index is 12.2. The molecule has 1 aliphatic rings. The Morgan fingerprint density at radius 1 is 1.36 bits per heavy atom. The van der Waals surface area contributed by atoms with Crippen LogP contribution in [0.4, 0.5) is 10.6 Å². The molecule has 7 heteroatoms. The van der Waals surface area contributed by atoms with Crippen molar-refractivity contribution in [1.29, 1.82) is 0 Å². The van der Waals surface area contributed by atoms with Crippen LogP contribution in [0.1, 0.15) is 12.8 Å². The lowest BCUT2D eigenvalue weighted by molar-refractivity contribution is 0.157. The number of nitrogens with zero attached hydrogens (tertiary/aromatic N) is 5. The summed E-state index contributed by atoms with van der Waals surface area (Å²) in [7, 11) is 5.47. The average Bonchev–Trinajstić information content (AvgIpc) is 3.02. The first-order valence-electron chi connectivity index (χ1n) is 7.45. The third kappa shape index (κ3) is 2.72. The fourth-order valence-electron chi connectivity index (χ4n) is 2.94. The molecule has 0 aliphatic carbocycles. The highest BCUT2D eigenvalue weighted by Gasteiger charge is 2.28. The second-order valence-electron chi connectivity index (χ2n) is 5.86. The lowest BCUT2D eigenvalue weighted by Gasteiger charge is -2.39. The molecule has 1 aliphatic heterocycles. The lowest BCUT2D eigenvalue weighted by atomic mass is 10.0. The molecule has 3 heterocycles. The third-order valence-corrected chi connectivity index (χ3v) is 5.05. The highest BCUT2D eigenvalue weighted by Crippen LogP contribution is 2.30. The van der Waals surface area contributed by atoms with Crippen molar-refractivity contribution in [3.05, 3.63) is 17.8 Å². The van der Waals surface area contributed by atoms with E-state index in [0.717, 1.165) is 42.0 Å². The number of likely N-dealkylation sites (N-methyl/N-ethyl adjacent to an activating group) is 1. The van der Waals surface area contributed by atoms with E-state index in [1.54, 1.807) is 36.7 Å². The van der Waals surface area contributed by atoms with Crippen LogP contribution in [0.15, 0.2) is 17.8 Å². The Bertz CT molecular complexity index is 671. The molecule has 118 valence electrons. The van der Waals surface area contributed by atoms with Crippen molar-refractivity contribution < 1.29 is 4.79 Å². The molecule has 2 aromatic rings. The molecule has 0 bridgehead atoms. The first-order valence-corrected chi connectivity index (χ1v) is 8.33. The van der Waals surface area contributed by atoms with Crippen molar-refractivity contribution in [3.63, 3.8) is 0 Å². The largest absolute Gasteiger partial charge is 0.353 e. The number of aromatic nitrogens is 2. The summed E-state index contributed by atoms with van der Waals surface area (Å²) >= 11 is 1.67. The Morgan fingerprint density at radius 2 is 2.18 bits per heavy atom. The van der Waals surface area contributed by atoms with Gasteiger partial charge in [-0.25, -0.2) is 14.8 Å². The van der Waals surface area contributed by atoms with Gasteiger partial charge in [-0.1, -0.05) is 0 Å². The van der Waals surface area contributed by atoms with Crippen molar-refractivity contribution in [1.82, 2.24) is 19.8 Å². The van der Waals surface area contributed by atoms with E-state index in [4.69, 9.17) is 0 Å². The summed E-state index contributed by atoms with van der Waals surface area (Å²) in [6, 6.07) is 2.29. The second kappa shape index (κ2) is 6.08. The fraction of sp³-hybridized carbons (Fsp3) is 0.533. The highest BCUT2D eigenvalue weighted by molar-refractivity contribution is 7.17. The van der Waals surface area contributed by atoms with Gasteiger partial charge in [-0.3, -0.25) is 0 Å². The van der Waals surface area contributed by atoms with E-state index in [0.29, 0.717) is 0 Å². The zero-order valence-corrected chi connectivity index (χ0v) is 14.0. The number of piperidine rings is 1. The molecule has 0 radical (unpaired) electrons. The van der Waals surface area contributed by atoms with Gasteiger partial charge in [-0.05, 0) is 24.3 Å². The van der Waals surface area contributed by atoms with Crippen molar-refractivity contribution in [3.8, 4) is 0 Å². The number of thiophene rings is 1. The maximum atomic E-state index is 12.2. The molecule has 3 rings (SSSR count). The summed E-state index contributed by atoms with van der Waals surface area (Å²) in [5.74, 6) is 0.996. The van der Waals surface area contributed by atoms with E-state index < -0.39 is 0 Å². The van der Waals surface area contributed by atoms with Gasteiger partial charge >= 0.3 is 6.03 Å². The predicted octanol–water partition coefficient (Wildman–Crippen LogP) is 2.27. The second-order valence-corrected chi connectivity index (χ2v) is 6.78. The van der Waals surface area contributed by atoms with E-state index in [1.807, 2.05) is 23.4 Å². The number of carbonyl (C=O) groups is 1. The van der Waals surface area contributed by atoms with Crippen molar-refractivity contribution >= 4 is 33.4 Å². The number of fused-ring (bicyclic) bond motifs is 1. The van der Waals surface area contributed by atoms with Crippen LogP contribution < -0.4 is 4.90 Å². The van der Waals surface area contributed by atoms with Crippen LogP contribution in [0.3, 0.4) is 0 Å². The molecule has 0 aromatic carbocycles. The van der Waals surface area contributed by atoms with Crippen LogP contribution in [0, 0.1) is 0 Å². The number of rotatable bonds is 2. The minimum Gasteiger partial charge on any atom is -0.353 e. The smallest absolute Gasteiger partial charge is 0.319 e. The third-order valence-electron chi connectivity index (χ3n) is 4.15. The van der Waals surface area contributed by atoms with Crippen LogP contribution in [-0.2, 0) is 0 Å². The molecule has 1 unspecified atom stereocenters. The van der Waals surface area contributed by atoms with Gasteiger partial charge in [0.05, 0.1) is 16.3 Å².